The summed E-state index contributed by atoms with van der Waals surface area (Å²) in [6, 6.07) is 14.5. The molecule has 29 heavy (non-hydrogen) atoms. The molecule has 0 amide bonds. The van der Waals surface area contributed by atoms with Crippen molar-refractivity contribution >= 4 is 11.9 Å². The van der Waals surface area contributed by atoms with Crippen LogP contribution in [0.4, 0.5) is 11.9 Å². The number of aliphatic hydroxyl groups is 2. The van der Waals surface area contributed by atoms with Crippen molar-refractivity contribution in [3.8, 4) is 17.1 Å². The normalized spacial score (nSPS) is 15.8. The van der Waals surface area contributed by atoms with Crippen molar-refractivity contribution in [2.75, 3.05) is 36.5 Å². The Bertz CT molecular complexity index is 998. The van der Waals surface area contributed by atoms with Crippen LogP contribution in [0.15, 0.2) is 48.5 Å². The zero-order valence-electron chi connectivity index (χ0n) is 15.9. The molecule has 2 aromatic carbocycles. The third kappa shape index (κ3) is 3.98. The molecule has 0 spiro atoms. The van der Waals surface area contributed by atoms with Crippen molar-refractivity contribution in [2.45, 2.75) is 12.5 Å². The zero-order chi connectivity index (χ0) is 20.2. The number of aromatic hydroxyl groups is 1. The fourth-order valence-corrected chi connectivity index (χ4v) is 3.60. The van der Waals surface area contributed by atoms with Gasteiger partial charge in [-0.05, 0) is 29.7 Å². The van der Waals surface area contributed by atoms with Gasteiger partial charge >= 0.3 is 0 Å². The van der Waals surface area contributed by atoms with Crippen LogP contribution in [0, 0.1) is 0 Å². The molecule has 0 aliphatic carbocycles. The molecular formula is C21H23N5O3. The smallest absolute Gasteiger partial charge is 0.231 e. The minimum absolute atomic E-state index is 0.0567. The monoisotopic (exact) mass is 393 g/mol. The van der Waals surface area contributed by atoms with Crippen LogP contribution in [0.1, 0.15) is 17.2 Å². The molecule has 150 valence electrons. The average molecular weight is 393 g/mol. The van der Waals surface area contributed by atoms with Crippen LogP contribution < -0.4 is 10.2 Å². The SMILES string of the molecule is OCCNc1nc(-c2cccc(O)c2)nc(N2CCc3ccccc3[C@@H]2CO)n1. The third-order valence-corrected chi connectivity index (χ3v) is 4.97. The number of nitrogens with zero attached hydrogens (tertiary/aromatic N) is 4. The largest absolute Gasteiger partial charge is 0.508 e. The number of fused-ring (bicyclic) bond motifs is 1. The van der Waals surface area contributed by atoms with Gasteiger partial charge in [0.25, 0.3) is 0 Å². The van der Waals surface area contributed by atoms with E-state index in [2.05, 4.69) is 26.3 Å². The lowest BCUT2D eigenvalue weighted by atomic mass is 9.93. The predicted octanol–water partition coefficient (Wildman–Crippen LogP) is 1.74. The summed E-state index contributed by atoms with van der Waals surface area (Å²) in [6.45, 7) is 0.836. The van der Waals surface area contributed by atoms with Crippen molar-refractivity contribution in [3.05, 3.63) is 59.7 Å². The fourth-order valence-electron chi connectivity index (χ4n) is 3.60. The van der Waals surface area contributed by atoms with E-state index >= 15 is 0 Å². The zero-order valence-corrected chi connectivity index (χ0v) is 15.9. The standard InChI is InChI=1S/C21H23N5O3/c27-11-9-22-20-23-19(15-5-3-6-16(29)12-15)24-21(25-20)26-10-8-14-4-1-2-7-17(14)18(26)13-28/h1-7,12,18,27-29H,8-11,13H2,(H,22,23,24,25)/t18-/m0/s1. The van der Waals surface area contributed by atoms with Crippen molar-refractivity contribution < 1.29 is 15.3 Å². The molecule has 1 aliphatic heterocycles. The van der Waals surface area contributed by atoms with Gasteiger partial charge in [-0.2, -0.15) is 15.0 Å². The number of rotatable bonds is 6. The molecule has 4 rings (SSSR count). The molecular weight excluding hydrogens is 370 g/mol. The van der Waals surface area contributed by atoms with Crippen molar-refractivity contribution in [1.29, 1.82) is 0 Å². The summed E-state index contributed by atoms with van der Waals surface area (Å²) in [5, 5.41) is 32.1. The number of benzene rings is 2. The van der Waals surface area contributed by atoms with E-state index in [9.17, 15) is 10.2 Å². The molecule has 1 atom stereocenters. The van der Waals surface area contributed by atoms with Gasteiger partial charge in [0.05, 0.1) is 19.3 Å². The number of phenolic OH excluding ortho intramolecular Hbond substituents is 1. The lowest BCUT2D eigenvalue weighted by molar-refractivity contribution is 0.256. The number of aromatic nitrogens is 3. The Kier molecular flexibility index (Phi) is 5.55. The molecule has 3 aromatic rings. The van der Waals surface area contributed by atoms with E-state index in [0.717, 1.165) is 12.0 Å². The van der Waals surface area contributed by atoms with Crippen molar-refractivity contribution in [2.24, 2.45) is 0 Å². The number of hydrogen-bond donors (Lipinski definition) is 4. The van der Waals surface area contributed by atoms with Crippen LogP contribution in [-0.2, 0) is 6.42 Å². The van der Waals surface area contributed by atoms with Crippen LogP contribution in [0.5, 0.6) is 5.75 Å². The Morgan fingerprint density at radius 3 is 2.69 bits per heavy atom. The Labute approximate surface area is 168 Å². The summed E-state index contributed by atoms with van der Waals surface area (Å²) >= 11 is 0. The predicted molar refractivity (Wildman–Crippen MR) is 110 cm³/mol. The molecule has 0 fully saturated rings. The highest BCUT2D eigenvalue weighted by Crippen LogP contribution is 2.33. The number of phenols is 1. The molecule has 8 nitrogen and oxygen atoms in total. The summed E-state index contributed by atoms with van der Waals surface area (Å²) in [6.07, 6.45) is 0.819. The molecule has 0 bridgehead atoms. The van der Waals surface area contributed by atoms with E-state index in [1.54, 1.807) is 18.2 Å². The first-order chi connectivity index (χ1) is 14.2. The van der Waals surface area contributed by atoms with Gasteiger partial charge in [0, 0.05) is 18.7 Å². The molecule has 0 saturated carbocycles. The molecule has 4 N–H and O–H groups in total. The summed E-state index contributed by atoms with van der Waals surface area (Å²) in [7, 11) is 0. The Morgan fingerprint density at radius 1 is 1.03 bits per heavy atom. The van der Waals surface area contributed by atoms with Gasteiger partial charge in [0.2, 0.25) is 11.9 Å². The molecule has 0 saturated heterocycles. The van der Waals surface area contributed by atoms with E-state index in [0.29, 0.717) is 36.4 Å². The Morgan fingerprint density at radius 2 is 1.90 bits per heavy atom. The number of anilines is 2. The lowest BCUT2D eigenvalue weighted by Crippen LogP contribution is -2.38. The van der Waals surface area contributed by atoms with E-state index < -0.39 is 0 Å². The maximum atomic E-state index is 10.1. The van der Waals surface area contributed by atoms with Crippen LogP contribution in [-0.4, -0.2) is 56.6 Å². The first-order valence-electron chi connectivity index (χ1n) is 9.55. The molecule has 1 aromatic heterocycles. The highest BCUT2D eigenvalue weighted by Gasteiger charge is 2.29. The quantitative estimate of drug-likeness (QED) is 0.501. The second-order valence-corrected chi connectivity index (χ2v) is 6.82. The Hall–Kier alpha value is -3.23. The number of nitrogens with one attached hydrogen (secondary N) is 1. The maximum absolute atomic E-state index is 10.1. The van der Waals surface area contributed by atoms with Crippen LogP contribution >= 0.6 is 0 Å². The fraction of sp³-hybridized carbons (Fsp3) is 0.286. The van der Waals surface area contributed by atoms with Gasteiger partial charge in [0.15, 0.2) is 5.82 Å². The van der Waals surface area contributed by atoms with Gasteiger partial charge in [-0.25, -0.2) is 0 Å². The summed E-state index contributed by atoms with van der Waals surface area (Å²) < 4.78 is 0. The van der Waals surface area contributed by atoms with Crippen LogP contribution in [0.3, 0.4) is 0 Å². The minimum Gasteiger partial charge on any atom is -0.508 e. The summed E-state index contributed by atoms with van der Waals surface area (Å²) in [4.78, 5) is 15.5. The first-order valence-corrected chi connectivity index (χ1v) is 9.55. The van der Waals surface area contributed by atoms with Gasteiger partial charge in [-0.1, -0.05) is 36.4 Å². The van der Waals surface area contributed by atoms with Crippen LogP contribution in [0.25, 0.3) is 11.4 Å². The third-order valence-electron chi connectivity index (χ3n) is 4.97. The summed E-state index contributed by atoms with van der Waals surface area (Å²) in [5.74, 6) is 1.29. The minimum atomic E-state index is -0.259. The van der Waals surface area contributed by atoms with Gasteiger partial charge in [-0.3, -0.25) is 0 Å². The van der Waals surface area contributed by atoms with E-state index in [4.69, 9.17) is 5.11 Å². The van der Waals surface area contributed by atoms with Crippen molar-refractivity contribution in [1.82, 2.24) is 15.0 Å². The number of aliphatic hydroxyl groups excluding tert-OH is 2. The van der Waals surface area contributed by atoms with Crippen molar-refractivity contribution in [3.63, 3.8) is 0 Å². The van der Waals surface area contributed by atoms with Crippen LogP contribution in [0.2, 0.25) is 0 Å². The topological polar surface area (TPSA) is 115 Å². The van der Waals surface area contributed by atoms with Gasteiger partial charge in [-0.15, -0.1) is 0 Å². The highest BCUT2D eigenvalue weighted by atomic mass is 16.3. The molecule has 2 heterocycles. The second-order valence-electron chi connectivity index (χ2n) is 6.82. The van der Waals surface area contributed by atoms with E-state index in [1.165, 1.54) is 5.56 Å². The molecule has 0 radical (unpaired) electrons. The first kappa shape index (κ1) is 19.1. The average Bonchev–Trinajstić information content (AvgIpc) is 2.76. The molecule has 8 heteroatoms. The van der Waals surface area contributed by atoms with Gasteiger partial charge in [0.1, 0.15) is 5.75 Å². The highest BCUT2D eigenvalue weighted by molar-refractivity contribution is 5.60. The van der Waals surface area contributed by atoms with E-state index in [1.807, 2.05) is 29.2 Å². The second kappa shape index (κ2) is 8.42. The summed E-state index contributed by atoms with van der Waals surface area (Å²) in [5.41, 5.74) is 2.92. The number of hydrogen-bond acceptors (Lipinski definition) is 8. The van der Waals surface area contributed by atoms with E-state index in [-0.39, 0.29) is 25.0 Å². The molecule has 1 aliphatic rings. The Balaban J connectivity index is 1.77. The molecule has 0 unspecified atom stereocenters. The maximum Gasteiger partial charge on any atom is 0.231 e. The lowest BCUT2D eigenvalue weighted by Gasteiger charge is -2.36. The van der Waals surface area contributed by atoms with Gasteiger partial charge < -0.3 is 25.5 Å².